The van der Waals surface area contributed by atoms with E-state index in [0.29, 0.717) is 18.7 Å². The Morgan fingerprint density at radius 2 is 1.57 bits per heavy atom. The number of carbonyl (C=O) groups excluding carboxylic acids is 2. The molecule has 0 aliphatic heterocycles. The molecule has 1 atom stereocenters. The van der Waals surface area contributed by atoms with Gasteiger partial charge in [-0.1, -0.05) is 112 Å². The van der Waals surface area contributed by atoms with Gasteiger partial charge in [0.15, 0.2) is 6.61 Å². The van der Waals surface area contributed by atoms with E-state index in [1.807, 2.05) is 79.7 Å². The number of hydrogen-bond acceptors (Lipinski definition) is 3. The van der Waals surface area contributed by atoms with Crippen LogP contribution in [0.2, 0.25) is 0 Å². The first-order valence-corrected chi connectivity index (χ1v) is 14.6. The number of hydrogen-bond donors (Lipinski definition) is 1. The molecule has 4 rings (SSSR count). The summed E-state index contributed by atoms with van der Waals surface area (Å²) in [5.41, 5.74) is 4.37. The Labute approximate surface area is 239 Å². The Morgan fingerprint density at radius 3 is 2.23 bits per heavy atom. The average Bonchev–Trinajstić information content (AvgIpc) is 2.94. The number of ether oxygens (including phenoxy) is 1. The molecular weight excluding hydrogens is 496 g/mol. The fraction of sp³-hybridized carbons (Fsp3) is 0.429. The zero-order valence-electron chi connectivity index (χ0n) is 24.5. The molecule has 3 aromatic rings. The van der Waals surface area contributed by atoms with Gasteiger partial charge in [0.25, 0.3) is 5.91 Å². The van der Waals surface area contributed by atoms with E-state index in [9.17, 15) is 9.59 Å². The predicted octanol–water partition coefficient (Wildman–Crippen LogP) is 6.76. The van der Waals surface area contributed by atoms with Gasteiger partial charge in [-0.2, -0.15) is 0 Å². The maximum Gasteiger partial charge on any atom is 0.261 e. The lowest BCUT2D eigenvalue weighted by Gasteiger charge is -2.33. The van der Waals surface area contributed by atoms with Gasteiger partial charge in [-0.05, 0) is 54.0 Å². The summed E-state index contributed by atoms with van der Waals surface area (Å²) < 4.78 is 5.99. The molecule has 1 aliphatic carbocycles. The number of aryl methyl sites for hydroxylation is 1. The first-order chi connectivity index (χ1) is 19.2. The third kappa shape index (κ3) is 8.45. The van der Waals surface area contributed by atoms with Crippen LogP contribution in [-0.2, 0) is 28.0 Å². The number of amides is 2. The second kappa shape index (κ2) is 13.6. The fourth-order valence-corrected chi connectivity index (χ4v) is 5.38. The van der Waals surface area contributed by atoms with Crippen LogP contribution < -0.4 is 10.1 Å². The van der Waals surface area contributed by atoms with Crippen molar-refractivity contribution >= 4 is 11.8 Å². The van der Waals surface area contributed by atoms with Crippen LogP contribution >= 0.6 is 0 Å². The molecule has 0 bridgehead atoms. The van der Waals surface area contributed by atoms with Gasteiger partial charge in [-0.25, -0.2) is 0 Å². The fourth-order valence-electron chi connectivity index (χ4n) is 5.38. The standard InChI is InChI=1S/C35H44N2O3/c1-26-12-11-15-28(22-26)24-37(33(38)25-40-31-20-18-29(19-21-31)35(2,3)4)32(23-27-13-7-5-8-14-27)34(39)36-30-16-9-6-10-17-30/h5,7-8,11-15,18-22,30,32H,6,9-10,16-17,23-25H2,1-4H3,(H,36,39)/t32-/m0/s1. The summed E-state index contributed by atoms with van der Waals surface area (Å²) in [6.07, 6.45) is 5.89. The van der Waals surface area contributed by atoms with Crippen LogP contribution in [0.15, 0.2) is 78.9 Å². The lowest BCUT2D eigenvalue weighted by Crippen LogP contribution is -2.53. The first kappa shape index (κ1) is 29.4. The lowest BCUT2D eigenvalue weighted by molar-refractivity contribution is -0.143. The quantitative estimate of drug-likeness (QED) is 0.309. The molecule has 1 N–H and O–H groups in total. The molecule has 1 fully saturated rings. The summed E-state index contributed by atoms with van der Waals surface area (Å²) in [4.78, 5) is 29.5. The number of rotatable bonds is 10. The Hall–Kier alpha value is -3.60. The zero-order chi connectivity index (χ0) is 28.5. The van der Waals surface area contributed by atoms with E-state index in [-0.39, 0.29) is 29.9 Å². The summed E-state index contributed by atoms with van der Waals surface area (Å²) in [5, 5.41) is 3.29. The monoisotopic (exact) mass is 540 g/mol. The molecule has 2 amide bonds. The SMILES string of the molecule is Cc1cccc(CN(C(=O)COc2ccc(C(C)(C)C)cc2)[C@@H](Cc2ccccc2)C(=O)NC2CCCCC2)c1. The number of nitrogens with zero attached hydrogens (tertiary/aromatic N) is 1. The van der Waals surface area contributed by atoms with Crippen molar-refractivity contribution in [1.82, 2.24) is 10.2 Å². The van der Waals surface area contributed by atoms with E-state index in [4.69, 9.17) is 4.74 Å². The molecule has 1 aliphatic rings. The maximum atomic E-state index is 13.9. The number of carbonyl (C=O) groups is 2. The van der Waals surface area contributed by atoms with Gasteiger partial charge in [0, 0.05) is 19.0 Å². The van der Waals surface area contributed by atoms with Gasteiger partial charge in [0.05, 0.1) is 0 Å². The van der Waals surface area contributed by atoms with Gasteiger partial charge >= 0.3 is 0 Å². The van der Waals surface area contributed by atoms with Crippen molar-refractivity contribution < 1.29 is 14.3 Å². The normalized spacial score (nSPS) is 14.8. The van der Waals surface area contributed by atoms with Crippen LogP contribution in [0.3, 0.4) is 0 Å². The van der Waals surface area contributed by atoms with Crippen molar-refractivity contribution in [1.29, 1.82) is 0 Å². The minimum atomic E-state index is -0.649. The zero-order valence-corrected chi connectivity index (χ0v) is 24.5. The molecule has 3 aromatic carbocycles. The highest BCUT2D eigenvalue weighted by Gasteiger charge is 2.32. The Morgan fingerprint density at radius 1 is 0.900 bits per heavy atom. The smallest absolute Gasteiger partial charge is 0.261 e. The van der Waals surface area contributed by atoms with E-state index in [1.54, 1.807) is 4.90 Å². The van der Waals surface area contributed by atoms with Crippen molar-refractivity contribution in [3.05, 3.63) is 101 Å². The van der Waals surface area contributed by atoms with Gasteiger partial charge in [-0.15, -0.1) is 0 Å². The van der Waals surface area contributed by atoms with E-state index in [0.717, 1.165) is 42.4 Å². The van der Waals surface area contributed by atoms with Gasteiger partial charge in [0.2, 0.25) is 5.91 Å². The Balaban J connectivity index is 1.59. The summed E-state index contributed by atoms with van der Waals surface area (Å²) >= 11 is 0. The summed E-state index contributed by atoms with van der Waals surface area (Å²) in [6, 6.07) is 25.5. The van der Waals surface area contributed by atoms with Crippen molar-refractivity contribution in [2.45, 2.75) is 90.3 Å². The molecule has 0 heterocycles. The topological polar surface area (TPSA) is 58.6 Å². The number of nitrogens with one attached hydrogen (secondary N) is 1. The highest BCUT2D eigenvalue weighted by molar-refractivity contribution is 5.88. The summed E-state index contributed by atoms with van der Waals surface area (Å²) in [7, 11) is 0. The van der Waals surface area contributed by atoms with Gasteiger partial charge < -0.3 is 15.0 Å². The second-order valence-corrected chi connectivity index (χ2v) is 12.1. The predicted molar refractivity (Wildman–Crippen MR) is 161 cm³/mol. The van der Waals surface area contributed by atoms with Crippen LogP contribution in [0, 0.1) is 6.92 Å². The highest BCUT2D eigenvalue weighted by Crippen LogP contribution is 2.25. The van der Waals surface area contributed by atoms with Crippen molar-refractivity contribution in [3.63, 3.8) is 0 Å². The molecule has 0 radical (unpaired) electrons. The summed E-state index contributed by atoms with van der Waals surface area (Å²) in [6.45, 7) is 8.74. The van der Waals surface area contributed by atoms with Gasteiger partial charge in [0.1, 0.15) is 11.8 Å². The molecule has 0 spiro atoms. The molecule has 212 valence electrons. The first-order valence-electron chi connectivity index (χ1n) is 14.6. The minimum absolute atomic E-state index is 0.0370. The molecule has 0 unspecified atom stereocenters. The molecule has 40 heavy (non-hydrogen) atoms. The molecule has 5 heteroatoms. The van der Waals surface area contributed by atoms with Crippen molar-refractivity contribution in [2.24, 2.45) is 0 Å². The lowest BCUT2D eigenvalue weighted by atomic mass is 9.87. The maximum absolute atomic E-state index is 13.9. The Kier molecular flexibility index (Phi) is 10.0. The van der Waals surface area contributed by atoms with E-state index in [2.05, 4.69) is 32.2 Å². The van der Waals surface area contributed by atoms with Crippen molar-refractivity contribution in [2.75, 3.05) is 6.61 Å². The van der Waals surface area contributed by atoms with Crippen LogP contribution in [0.5, 0.6) is 5.75 Å². The minimum Gasteiger partial charge on any atom is -0.484 e. The van der Waals surface area contributed by atoms with Crippen LogP contribution in [0.4, 0.5) is 0 Å². The second-order valence-electron chi connectivity index (χ2n) is 12.1. The summed E-state index contributed by atoms with van der Waals surface area (Å²) in [5.74, 6) is 0.343. The highest BCUT2D eigenvalue weighted by atomic mass is 16.5. The van der Waals surface area contributed by atoms with Crippen molar-refractivity contribution in [3.8, 4) is 5.75 Å². The van der Waals surface area contributed by atoms with E-state index >= 15 is 0 Å². The van der Waals surface area contributed by atoms with E-state index < -0.39 is 6.04 Å². The molecule has 0 aromatic heterocycles. The van der Waals surface area contributed by atoms with Gasteiger partial charge in [-0.3, -0.25) is 9.59 Å². The van der Waals surface area contributed by atoms with Crippen LogP contribution in [0.25, 0.3) is 0 Å². The van der Waals surface area contributed by atoms with Crippen LogP contribution in [0.1, 0.15) is 75.1 Å². The number of benzene rings is 3. The molecule has 5 nitrogen and oxygen atoms in total. The molecule has 1 saturated carbocycles. The third-order valence-corrected chi connectivity index (χ3v) is 7.74. The molecule has 0 saturated heterocycles. The molecular formula is C35H44N2O3. The Bertz CT molecular complexity index is 1240. The van der Waals surface area contributed by atoms with E-state index in [1.165, 1.54) is 12.0 Å². The average molecular weight is 541 g/mol. The van der Waals surface area contributed by atoms with Crippen LogP contribution in [-0.4, -0.2) is 35.4 Å². The largest absolute Gasteiger partial charge is 0.484 e. The third-order valence-electron chi connectivity index (χ3n) is 7.74.